The molecule has 0 aliphatic rings. The maximum atomic E-state index is 11.7. The molecule has 5 nitrogen and oxygen atoms in total. The average molecular weight is 301 g/mol. The average Bonchev–Trinajstić information content (AvgIpc) is 2.30. The Morgan fingerprint density at radius 1 is 1.10 bits per heavy atom. The number of carbonyl (C=O) groups is 1. The summed E-state index contributed by atoms with van der Waals surface area (Å²) in [7, 11) is 4.16. The molecule has 126 valence electrons. The van der Waals surface area contributed by atoms with E-state index < -0.39 is 5.60 Å². The maximum Gasteiger partial charge on any atom is 0.407 e. The highest BCUT2D eigenvalue weighted by Gasteiger charge is 2.19. The Morgan fingerprint density at radius 2 is 1.67 bits per heavy atom. The second-order valence-corrected chi connectivity index (χ2v) is 7.36. The SMILES string of the molecule is CC(C)C(CNCC(C)N(C)C)CNC(=O)OC(C)(C)C. The summed E-state index contributed by atoms with van der Waals surface area (Å²) in [6.07, 6.45) is -0.338. The van der Waals surface area contributed by atoms with E-state index in [4.69, 9.17) is 4.74 Å². The molecule has 0 aromatic heterocycles. The predicted octanol–water partition coefficient (Wildman–Crippen LogP) is 2.32. The Hall–Kier alpha value is -0.810. The van der Waals surface area contributed by atoms with Crippen LogP contribution in [0.25, 0.3) is 0 Å². The highest BCUT2D eigenvalue weighted by Crippen LogP contribution is 2.10. The molecule has 1 amide bonds. The summed E-state index contributed by atoms with van der Waals surface area (Å²) < 4.78 is 5.26. The molecule has 2 atom stereocenters. The van der Waals surface area contributed by atoms with E-state index in [1.165, 1.54) is 0 Å². The van der Waals surface area contributed by atoms with Crippen molar-refractivity contribution in [2.75, 3.05) is 33.7 Å². The van der Waals surface area contributed by atoms with E-state index in [0.717, 1.165) is 13.1 Å². The summed E-state index contributed by atoms with van der Waals surface area (Å²) in [5.74, 6) is 0.897. The van der Waals surface area contributed by atoms with Crippen LogP contribution in [-0.4, -0.2) is 56.4 Å². The molecule has 0 aliphatic carbocycles. The van der Waals surface area contributed by atoms with Crippen molar-refractivity contribution < 1.29 is 9.53 Å². The minimum Gasteiger partial charge on any atom is -0.444 e. The van der Waals surface area contributed by atoms with Crippen LogP contribution >= 0.6 is 0 Å². The zero-order valence-corrected chi connectivity index (χ0v) is 15.1. The van der Waals surface area contributed by atoms with E-state index in [1.807, 2.05) is 20.8 Å². The first-order valence-corrected chi connectivity index (χ1v) is 7.87. The van der Waals surface area contributed by atoms with Crippen LogP contribution in [0.5, 0.6) is 0 Å². The van der Waals surface area contributed by atoms with Crippen LogP contribution in [0.15, 0.2) is 0 Å². The Bertz CT molecular complexity index is 298. The van der Waals surface area contributed by atoms with Crippen molar-refractivity contribution in [1.82, 2.24) is 15.5 Å². The number of nitrogens with one attached hydrogen (secondary N) is 2. The third-order valence-corrected chi connectivity index (χ3v) is 3.58. The summed E-state index contributed by atoms with van der Waals surface area (Å²) in [4.78, 5) is 13.9. The molecule has 21 heavy (non-hydrogen) atoms. The highest BCUT2D eigenvalue weighted by molar-refractivity contribution is 5.67. The number of ether oxygens (including phenoxy) is 1. The monoisotopic (exact) mass is 301 g/mol. The minimum atomic E-state index is -0.448. The minimum absolute atomic E-state index is 0.338. The molecule has 2 unspecified atom stereocenters. The van der Waals surface area contributed by atoms with Crippen molar-refractivity contribution in [2.24, 2.45) is 11.8 Å². The van der Waals surface area contributed by atoms with Crippen LogP contribution < -0.4 is 10.6 Å². The number of likely N-dealkylation sites (N-methyl/N-ethyl adjacent to an activating group) is 1. The third-order valence-electron chi connectivity index (χ3n) is 3.58. The molecular weight excluding hydrogens is 266 g/mol. The Balaban J connectivity index is 4.11. The fraction of sp³-hybridized carbons (Fsp3) is 0.938. The summed E-state index contributed by atoms with van der Waals surface area (Å²) >= 11 is 0. The van der Waals surface area contributed by atoms with E-state index in [2.05, 4.69) is 50.4 Å². The van der Waals surface area contributed by atoms with Gasteiger partial charge < -0.3 is 20.3 Å². The number of hydrogen-bond acceptors (Lipinski definition) is 4. The smallest absolute Gasteiger partial charge is 0.407 e. The molecule has 0 aliphatic heterocycles. The Morgan fingerprint density at radius 3 is 2.10 bits per heavy atom. The fourth-order valence-corrected chi connectivity index (χ4v) is 1.73. The molecule has 0 saturated carbocycles. The van der Waals surface area contributed by atoms with Gasteiger partial charge >= 0.3 is 6.09 Å². The van der Waals surface area contributed by atoms with Crippen molar-refractivity contribution >= 4 is 6.09 Å². The second-order valence-electron chi connectivity index (χ2n) is 7.36. The van der Waals surface area contributed by atoms with Crippen molar-refractivity contribution in [1.29, 1.82) is 0 Å². The van der Waals surface area contributed by atoms with Gasteiger partial charge in [-0.05, 0) is 60.2 Å². The van der Waals surface area contributed by atoms with Crippen LogP contribution in [0.1, 0.15) is 41.5 Å². The lowest BCUT2D eigenvalue weighted by Crippen LogP contribution is -2.42. The van der Waals surface area contributed by atoms with E-state index in [-0.39, 0.29) is 6.09 Å². The summed E-state index contributed by atoms with van der Waals surface area (Å²) in [5, 5.41) is 6.36. The Labute approximate surface area is 130 Å². The largest absolute Gasteiger partial charge is 0.444 e. The lowest BCUT2D eigenvalue weighted by Gasteiger charge is -2.26. The van der Waals surface area contributed by atoms with Crippen LogP contribution in [0.3, 0.4) is 0 Å². The summed E-state index contributed by atoms with van der Waals surface area (Å²) in [5.41, 5.74) is -0.448. The van der Waals surface area contributed by atoms with Crippen LogP contribution in [0, 0.1) is 11.8 Å². The number of carbonyl (C=O) groups excluding carboxylic acids is 1. The van der Waals surface area contributed by atoms with Gasteiger partial charge in [-0.3, -0.25) is 0 Å². The first-order chi connectivity index (χ1) is 9.53. The van der Waals surface area contributed by atoms with Crippen molar-refractivity contribution in [3.05, 3.63) is 0 Å². The molecular formula is C16H35N3O2. The van der Waals surface area contributed by atoms with E-state index in [0.29, 0.717) is 24.4 Å². The molecule has 0 heterocycles. The normalized spacial score (nSPS) is 15.1. The second kappa shape index (κ2) is 9.26. The van der Waals surface area contributed by atoms with Gasteiger partial charge in [0.15, 0.2) is 0 Å². The number of amides is 1. The van der Waals surface area contributed by atoms with Crippen LogP contribution in [-0.2, 0) is 4.74 Å². The number of alkyl carbamates (subject to hydrolysis) is 1. The maximum absolute atomic E-state index is 11.7. The zero-order valence-electron chi connectivity index (χ0n) is 15.1. The van der Waals surface area contributed by atoms with Crippen molar-refractivity contribution in [3.63, 3.8) is 0 Å². The third kappa shape index (κ3) is 10.5. The van der Waals surface area contributed by atoms with Gasteiger partial charge in [0.2, 0.25) is 0 Å². The molecule has 0 spiro atoms. The van der Waals surface area contributed by atoms with Gasteiger partial charge in [-0.1, -0.05) is 13.8 Å². The molecule has 0 fully saturated rings. The summed E-state index contributed by atoms with van der Waals surface area (Å²) in [6.45, 7) is 14.6. The first-order valence-electron chi connectivity index (χ1n) is 7.87. The van der Waals surface area contributed by atoms with Gasteiger partial charge in [0, 0.05) is 19.1 Å². The van der Waals surface area contributed by atoms with Gasteiger partial charge in [-0.15, -0.1) is 0 Å². The van der Waals surface area contributed by atoms with Crippen molar-refractivity contribution in [3.8, 4) is 0 Å². The molecule has 0 aromatic carbocycles. The van der Waals surface area contributed by atoms with E-state index in [1.54, 1.807) is 0 Å². The lowest BCUT2D eigenvalue weighted by molar-refractivity contribution is 0.0514. The molecule has 2 N–H and O–H groups in total. The van der Waals surface area contributed by atoms with E-state index >= 15 is 0 Å². The summed E-state index contributed by atoms with van der Waals surface area (Å²) in [6, 6.07) is 0.497. The molecule has 0 saturated heterocycles. The van der Waals surface area contributed by atoms with Gasteiger partial charge in [0.05, 0.1) is 0 Å². The van der Waals surface area contributed by atoms with Gasteiger partial charge in [-0.25, -0.2) is 4.79 Å². The molecule has 0 aromatic rings. The van der Waals surface area contributed by atoms with Crippen LogP contribution in [0.2, 0.25) is 0 Å². The topological polar surface area (TPSA) is 53.6 Å². The number of nitrogens with zero attached hydrogens (tertiary/aromatic N) is 1. The van der Waals surface area contributed by atoms with E-state index in [9.17, 15) is 4.79 Å². The molecule has 5 heteroatoms. The predicted molar refractivity (Wildman–Crippen MR) is 88.6 cm³/mol. The zero-order chi connectivity index (χ0) is 16.6. The van der Waals surface area contributed by atoms with Crippen LogP contribution in [0.4, 0.5) is 4.79 Å². The molecule has 0 radical (unpaired) electrons. The Kier molecular flexibility index (Phi) is 8.90. The van der Waals surface area contributed by atoms with Crippen molar-refractivity contribution in [2.45, 2.75) is 53.2 Å². The number of rotatable bonds is 8. The highest BCUT2D eigenvalue weighted by atomic mass is 16.6. The van der Waals surface area contributed by atoms with Gasteiger partial charge in [0.1, 0.15) is 5.60 Å². The fourth-order valence-electron chi connectivity index (χ4n) is 1.73. The standard InChI is InChI=1S/C16H35N3O2/c1-12(2)14(10-17-9-13(3)19(7)8)11-18-15(20)21-16(4,5)6/h12-14,17H,9-11H2,1-8H3,(H,18,20). The molecule has 0 rings (SSSR count). The molecule has 0 bridgehead atoms. The van der Waals surface area contributed by atoms with Gasteiger partial charge in [0.25, 0.3) is 0 Å². The number of hydrogen-bond donors (Lipinski definition) is 2. The first kappa shape index (κ1) is 20.2. The lowest BCUT2D eigenvalue weighted by atomic mass is 9.95. The quantitative estimate of drug-likeness (QED) is 0.722. The van der Waals surface area contributed by atoms with Gasteiger partial charge in [-0.2, -0.15) is 0 Å².